The molecule has 10 nitrogen and oxygen atoms in total. The van der Waals surface area contributed by atoms with Crippen molar-refractivity contribution in [3.63, 3.8) is 0 Å². The zero-order valence-corrected chi connectivity index (χ0v) is 25.9. The molecule has 242 valence electrons. The average molecular weight is 667 g/mol. The second-order valence-corrected chi connectivity index (χ2v) is 10.9. The third kappa shape index (κ3) is 13.2. The lowest BCUT2D eigenvalue weighted by Crippen LogP contribution is -2.55. The molecule has 45 heavy (non-hydrogen) atoms. The molecule has 0 bridgehead atoms. The topological polar surface area (TPSA) is 157 Å². The summed E-state index contributed by atoms with van der Waals surface area (Å²) in [5.41, 5.74) is 6.97. The van der Waals surface area contributed by atoms with Gasteiger partial charge in [0.1, 0.15) is 12.1 Å². The highest BCUT2D eigenvalue weighted by atomic mass is 32.1. The van der Waals surface area contributed by atoms with Gasteiger partial charge in [-0.05, 0) is 6.42 Å². The third-order valence-corrected chi connectivity index (χ3v) is 6.72. The minimum absolute atomic E-state index is 0.0574. The molecule has 2 aromatic carbocycles. The van der Waals surface area contributed by atoms with Crippen LogP contribution in [0.2, 0.25) is 0 Å². The number of unbranched alkanes of at least 4 members (excludes halogenated alkanes) is 1. The number of carbonyl (C=O) groups excluding carboxylic acids is 5. The van der Waals surface area contributed by atoms with Crippen molar-refractivity contribution in [2.75, 3.05) is 0 Å². The van der Waals surface area contributed by atoms with E-state index in [1.807, 2.05) is 0 Å². The number of ketones is 2. The zero-order chi connectivity index (χ0) is 33.6. The second-order valence-electron chi connectivity index (χ2n) is 9.87. The Morgan fingerprint density at radius 2 is 1.29 bits per heavy atom. The van der Waals surface area contributed by atoms with Crippen LogP contribution in [0.5, 0.6) is 0 Å². The molecular formula is C30H33F3N4O6S2. The maximum atomic E-state index is 13.4. The van der Waals surface area contributed by atoms with Gasteiger partial charge in [0.15, 0.2) is 11.6 Å². The van der Waals surface area contributed by atoms with Crippen molar-refractivity contribution in [1.82, 2.24) is 16.0 Å². The van der Waals surface area contributed by atoms with Crippen LogP contribution in [0.25, 0.3) is 0 Å². The number of hydrogen-bond acceptors (Lipinski definition) is 9. The fourth-order valence-corrected chi connectivity index (χ4v) is 4.50. The molecule has 0 heterocycles. The molecule has 2 aromatic rings. The smallest absolute Gasteiger partial charge is 0.385 e. The predicted octanol–water partition coefficient (Wildman–Crippen LogP) is 3.72. The van der Waals surface area contributed by atoms with Crippen molar-refractivity contribution in [2.24, 2.45) is 5.73 Å². The highest BCUT2D eigenvalue weighted by Crippen LogP contribution is 2.17. The largest absolute Gasteiger partial charge is 0.491 e. The highest BCUT2D eigenvalue weighted by molar-refractivity contribution is 7.80. The summed E-state index contributed by atoms with van der Waals surface area (Å²) in [4.78, 5) is 62.3. The van der Waals surface area contributed by atoms with Gasteiger partial charge in [-0.3, -0.25) is 14.4 Å². The lowest BCUT2D eigenvalue weighted by molar-refractivity contribution is -0.202. The summed E-state index contributed by atoms with van der Waals surface area (Å²) in [5.74, 6) is -5.87. The van der Waals surface area contributed by atoms with Crippen LogP contribution in [0.15, 0.2) is 60.7 Å². The number of amides is 1. The number of Topliss-reactive ketones (excluding diaryl/α,β-unsaturated/α-hetero) is 2. The molecule has 0 saturated carbocycles. The van der Waals surface area contributed by atoms with E-state index in [4.69, 9.17) is 30.2 Å². The molecule has 0 aliphatic heterocycles. The first-order chi connectivity index (χ1) is 21.2. The Kier molecular flexibility index (Phi) is 14.9. The summed E-state index contributed by atoms with van der Waals surface area (Å²) >= 11 is 10.6. The van der Waals surface area contributed by atoms with Crippen molar-refractivity contribution in [3.05, 3.63) is 71.8 Å². The van der Waals surface area contributed by atoms with Crippen LogP contribution in [-0.2, 0) is 19.1 Å². The molecule has 15 heteroatoms. The first-order valence-corrected chi connectivity index (χ1v) is 14.7. The monoisotopic (exact) mass is 666 g/mol. The Morgan fingerprint density at radius 1 is 0.800 bits per heavy atom. The number of alkyl halides is 3. The van der Waals surface area contributed by atoms with Gasteiger partial charge in [-0.25, -0.2) is 9.59 Å². The van der Waals surface area contributed by atoms with Crippen LogP contribution in [0.1, 0.15) is 66.2 Å². The molecule has 3 unspecified atom stereocenters. The van der Waals surface area contributed by atoms with E-state index in [0.29, 0.717) is 24.0 Å². The van der Waals surface area contributed by atoms with Gasteiger partial charge in [-0.1, -0.05) is 105 Å². The molecule has 0 aromatic heterocycles. The summed E-state index contributed by atoms with van der Waals surface area (Å²) in [6.45, 7) is 1.74. The van der Waals surface area contributed by atoms with E-state index in [2.05, 4.69) is 20.7 Å². The summed E-state index contributed by atoms with van der Waals surface area (Å²) in [5, 5.41) is 7.78. The van der Waals surface area contributed by atoms with Crippen molar-refractivity contribution < 1.29 is 41.9 Å². The Balaban J connectivity index is 2.18. The molecule has 0 spiro atoms. The van der Waals surface area contributed by atoms with Crippen LogP contribution in [0.3, 0.4) is 0 Å². The van der Waals surface area contributed by atoms with Gasteiger partial charge in [0.05, 0.1) is 29.0 Å². The number of nitrogens with one attached hydrogen (secondary N) is 3. The number of ether oxygens (including phenoxy) is 1. The van der Waals surface area contributed by atoms with Gasteiger partial charge >= 0.3 is 18.1 Å². The highest BCUT2D eigenvalue weighted by Gasteiger charge is 2.43. The van der Waals surface area contributed by atoms with E-state index in [-0.39, 0.29) is 47.2 Å². The summed E-state index contributed by atoms with van der Waals surface area (Å²) in [6.07, 6.45) is -6.54. The molecule has 3 atom stereocenters. The number of hydrogen-bond donors (Lipinski definition) is 4. The maximum absolute atomic E-state index is 13.4. The minimum atomic E-state index is -5.42. The molecular weight excluding hydrogens is 633 g/mol. The fourth-order valence-electron chi connectivity index (χ4n) is 3.94. The van der Waals surface area contributed by atoms with E-state index in [0.717, 1.165) is 0 Å². The van der Waals surface area contributed by atoms with Crippen LogP contribution in [0, 0.1) is 0 Å². The van der Waals surface area contributed by atoms with Crippen molar-refractivity contribution >= 4 is 63.8 Å². The summed E-state index contributed by atoms with van der Waals surface area (Å²) < 4.78 is 42.0. The Bertz CT molecular complexity index is 1380. The number of thiocarbonyl (C=S) groups is 2. The fraction of sp³-hybridized carbons (Fsp3) is 0.367. The number of nitrogens with two attached hydrogens (primary N) is 1. The number of rotatable bonds is 16. The van der Waals surface area contributed by atoms with E-state index >= 15 is 0 Å². The maximum Gasteiger partial charge on any atom is 0.491 e. The molecule has 0 radical (unpaired) electrons. The van der Waals surface area contributed by atoms with Gasteiger partial charge in [0.25, 0.3) is 0 Å². The summed E-state index contributed by atoms with van der Waals surface area (Å²) in [7, 11) is 0. The molecule has 0 aliphatic rings. The van der Waals surface area contributed by atoms with Crippen molar-refractivity contribution in [3.8, 4) is 0 Å². The standard InChI is InChI=1S/C30H33F3N4O6S2/c1-2-3-14-20(28(41)43-29(42)30(31,32)33)36-27(40)21(35-25(44)16-22(38)18-10-6-4-7-11-18)15-24(34)37-26(45)17-23(39)19-12-8-5-9-13-19/h4-13,20-21,24H,2-3,14-17,34H2,1H3,(H,35,44)(H,36,40)(H,37,45). The zero-order valence-electron chi connectivity index (χ0n) is 24.2. The van der Waals surface area contributed by atoms with Crippen LogP contribution in [-0.4, -0.2) is 63.8 Å². The van der Waals surface area contributed by atoms with Gasteiger partial charge in [-0.2, -0.15) is 13.2 Å². The van der Waals surface area contributed by atoms with Gasteiger partial charge < -0.3 is 26.4 Å². The second kappa shape index (κ2) is 18.0. The number of benzene rings is 2. The number of carbonyl (C=O) groups is 5. The molecule has 0 fully saturated rings. The van der Waals surface area contributed by atoms with Gasteiger partial charge in [-0.15, -0.1) is 0 Å². The van der Waals surface area contributed by atoms with E-state index in [9.17, 15) is 37.1 Å². The van der Waals surface area contributed by atoms with Crippen molar-refractivity contribution in [1.29, 1.82) is 0 Å². The third-order valence-electron chi connectivity index (χ3n) is 6.19. The van der Waals surface area contributed by atoms with Gasteiger partial charge in [0.2, 0.25) is 5.91 Å². The van der Waals surface area contributed by atoms with Crippen LogP contribution < -0.4 is 21.7 Å². The average Bonchev–Trinajstić information content (AvgIpc) is 2.98. The van der Waals surface area contributed by atoms with E-state index in [1.54, 1.807) is 67.6 Å². The quantitative estimate of drug-likeness (QED) is 0.0681. The molecule has 0 saturated heterocycles. The Morgan fingerprint density at radius 3 is 1.76 bits per heavy atom. The van der Waals surface area contributed by atoms with E-state index < -0.39 is 42.3 Å². The summed E-state index contributed by atoms with van der Waals surface area (Å²) in [6, 6.07) is 13.7. The number of halogens is 3. The molecule has 0 aliphatic carbocycles. The van der Waals surface area contributed by atoms with Gasteiger partial charge in [0, 0.05) is 17.5 Å². The molecule has 5 N–H and O–H groups in total. The molecule has 1 amide bonds. The first-order valence-electron chi connectivity index (χ1n) is 13.8. The Hall–Kier alpha value is -4.08. The lowest BCUT2D eigenvalue weighted by atomic mass is 10.1. The SMILES string of the molecule is CCCCC(NC(=O)C(CC(N)NC(=S)CC(=O)c1ccccc1)NC(=S)CC(=O)c1ccccc1)C(=O)OC(=O)C(F)(F)F. The molecule has 2 rings (SSSR count). The van der Waals surface area contributed by atoms with Crippen LogP contribution >= 0.6 is 24.4 Å². The van der Waals surface area contributed by atoms with E-state index in [1.165, 1.54) is 0 Å². The van der Waals surface area contributed by atoms with Crippen LogP contribution in [0.4, 0.5) is 13.2 Å². The lowest BCUT2D eigenvalue weighted by Gasteiger charge is -2.26. The van der Waals surface area contributed by atoms with Crippen molar-refractivity contribution in [2.45, 2.75) is 69.9 Å². The Labute approximate surface area is 268 Å². The predicted molar refractivity (Wildman–Crippen MR) is 167 cm³/mol. The number of esters is 2. The minimum Gasteiger partial charge on any atom is -0.385 e. The first kappa shape index (κ1) is 37.1. The normalized spacial score (nSPS) is 13.0.